The lowest BCUT2D eigenvalue weighted by atomic mass is 10.1. The summed E-state index contributed by atoms with van der Waals surface area (Å²) in [5.41, 5.74) is 4.11. The van der Waals surface area contributed by atoms with Crippen LogP contribution in [-0.4, -0.2) is 24.0 Å². The molecule has 2 aromatic carbocycles. The van der Waals surface area contributed by atoms with Gasteiger partial charge in [0.25, 0.3) is 5.91 Å². The Kier molecular flexibility index (Phi) is 4.92. The molecule has 0 aliphatic carbocycles. The molecule has 0 radical (unpaired) electrons. The Morgan fingerprint density at radius 2 is 1.96 bits per heavy atom. The first-order valence-corrected chi connectivity index (χ1v) is 9.42. The van der Waals surface area contributed by atoms with Gasteiger partial charge >= 0.3 is 0 Å². The fraction of sp³-hybridized carbons (Fsp3) is 0.182. The van der Waals surface area contributed by atoms with Crippen LogP contribution in [0.25, 0.3) is 0 Å². The first-order valence-electron chi connectivity index (χ1n) is 9.05. The second-order valence-corrected chi connectivity index (χ2v) is 7.17. The van der Waals surface area contributed by atoms with Gasteiger partial charge in [-0.2, -0.15) is 0 Å². The Morgan fingerprint density at radius 1 is 1.18 bits per heavy atom. The molecule has 142 valence electrons. The summed E-state index contributed by atoms with van der Waals surface area (Å²) in [6, 6.07) is 17.1. The van der Waals surface area contributed by atoms with Crippen molar-refractivity contribution in [2.24, 2.45) is 0 Å². The van der Waals surface area contributed by atoms with Crippen LogP contribution in [0.1, 0.15) is 23.0 Å². The first-order chi connectivity index (χ1) is 13.6. The molecule has 5 nitrogen and oxygen atoms in total. The summed E-state index contributed by atoms with van der Waals surface area (Å²) in [4.78, 5) is 19.3. The van der Waals surface area contributed by atoms with Gasteiger partial charge in [-0.1, -0.05) is 29.8 Å². The Hall–Kier alpha value is -3.05. The number of fused-ring (bicyclic) bond motifs is 1. The average molecular weight is 394 g/mol. The molecular formula is C22H20ClN3O2. The minimum absolute atomic E-state index is 0.101. The minimum atomic E-state index is -0.103. The fourth-order valence-electron chi connectivity index (χ4n) is 3.53. The number of benzene rings is 2. The minimum Gasteiger partial charge on any atom is -0.495 e. The van der Waals surface area contributed by atoms with E-state index in [0.717, 1.165) is 23.5 Å². The largest absolute Gasteiger partial charge is 0.495 e. The number of hydrogen-bond donors (Lipinski definition) is 1. The molecule has 6 heteroatoms. The molecule has 1 aromatic heterocycles. The highest BCUT2D eigenvalue weighted by Gasteiger charge is 2.31. The second-order valence-electron chi connectivity index (χ2n) is 6.76. The van der Waals surface area contributed by atoms with Crippen LogP contribution in [0.3, 0.4) is 0 Å². The Balaban J connectivity index is 1.59. The molecule has 1 atom stereocenters. The third-order valence-corrected chi connectivity index (χ3v) is 5.14. The van der Waals surface area contributed by atoms with E-state index in [9.17, 15) is 4.79 Å². The summed E-state index contributed by atoms with van der Waals surface area (Å²) in [6.07, 6.45) is 2.48. The van der Waals surface area contributed by atoms with Gasteiger partial charge in [-0.25, -0.2) is 0 Å². The molecule has 0 fully saturated rings. The van der Waals surface area contributed by atoms with Crippen molar-refractivity contribution in [3.05, 3.63) is 77.1 Å². The molecule has 0 spiro atoms. The average Bonchev–Trinajstić information content (AvgIpc) is 3.03. The Bertz CT molecular complexity index is 1040. The highest BCUT2D eigenvalue weighted by Crippen LogP contribution is 2.33. The zero-order valence-electron chi connectivity index (χ0n) is 15.6. The molecule has 0 bridgehead atoms. The number of halogens is 1. The van der Waals surface area contributed by atoms with E-state index in [4.69, 9.17) is 16.3 Å². The highest BCUT2D eigenvalue weighted by atomic mass is 35.5. The van der Waals surface area contributed by atoms with Crippen LogP contribution in [0.15, 0.2) is 60.8 Å². The molecule has 1 unspecified atom stereocenters. The van der Waals surface area contributed by atoms with E-state index in [0.29, 0.717) is 16.5 Å². The molecule has 4 rings (SSSR count). The number of ether oxygens (including phenoxy) is 1. The van der Waals surface area contributed by atoms with Crippen molar-refractivity contribution in [3.63, 3.8) is 0 Å². The van der Waals surface area contributed by atoms with Crippen molar-refractivity contribution in [2.45, 2.75) is 19.4 Å². The smallest absolute Gasteiger partial charge is 0.277 e. The third-order valence-electron chi connectivity index (χ3n) is 4.85. The van der Waals surface area contributed by atoms with Crippen molar-refractivity contribution in [1.29, 1.82) is 0 Å². The van der Waals surface area contributed by atoms with Crippen LogP contribution in [0.2, 0.25) is 5.02 Å². The topological polar surface area (TPSA) is 54.5 Å². The Labute approximate surface area is 168 Å². The van der Waals surface area contributed by atoms with E-state index in [-0.39, 0.29) is 11.9 Å². The fourth-order valence-corrected chi connectivity index (χ4v) is 3.79. The molecule has 3 aromatic rings. The maximum Gasteiger partial charge on any atom is 0.277 e. The van der Waals surface area contributed by atoms with Crippen molar-refractivity contribution in [3.8, 4) is 5.75 Å². The normalized spacial score (nSPS) is 15.2. The van der Waals surface area contributed by atoms with Gasteiger partial charge in [0.1, 0.15) is 11.4 Å². The van der Waals surface area contributed by atoms with Crippen LogP contribution in [0.4, 0.5) is 17.1 Å². The molecule has 1 aliphatic heterocycles. The number of anilines is 3. The van der Waals surface area contributed by atoms with Crippen LogP contribution < -0.4 is 15.0 Å². The van der Waals surface area contributed by atoms with Gasteiger partial charge in [0, 0.05) is 29.3 Å². The summed E-state index contributed by atoms with van der Waals surface area (Å²) >= 11 is 6.19. The van der Waals surface area contributed by atoms with Crippen LogP contribution in [0, 0.1) is 0 Å². The molecule has 1 aliphatic rings. The lowest BCUT2D eigenvalue weighted by molar-refractivity contribution is 0.0976. The van der Waals surface area contributed by atoms with E-state index in [2.05, 4.69) is 23.3 Å². The number of carbonyl (C=O) groups excluding carboxylic acids is 1. The third kappa shape index (κ3) is 3.41. The SMILES string of the molecule is COc1ccc(Nc2ccnc(C(=O)N3c4ccccc4CC3C)c2)cc1Cl. The number of carbonyl (C=O) groups is 1. The number of hydrogen-bond acceptors (Lipinski definition) is 4. The number of pyridine rings is 1. The number of methoxy groups -OCH3 is 1. The number of amides is 1. The van der Waals surface area contributed by atoms with E-state index < -0.39 is 0 Å². The zero-order chi connectivity index (χ0) is 19.7. The molecule has 0 saturated heterocycles. The summed E-state index contributed by atoms with van der Waals surface area (Å²) in [6.45, 7) is 2.05. The predicted octanol–water partition coefficient (Wildman–Crippen LogP) is 5.08. The molecular weight excluding hydrogens is 374 g/mol. The zero-order valence-corrected chi connectivity index (χ0v) is 16.4. The summed E-state index contributed by atoms with van der Waals surface area (Å²) < 4.78 is 5.18. The van der Waals surface area contributed by atoms with Crippen molar-refractivity contribution < 1.29 is 9.53 Å². The van der Waals surface area contributed by atoms with Crippen molar-refractivity contribution in [1.82, 2.24) is 4.98 Å². The van der Waals surface area contributed by atoms with Gasteiger partial charge in [0.15, 0.2) is 0 Å². The molecule has 0 saturated carbocycles. The Morgan fingerprint density at radius 3 is 2.75 bits per heavy atom. The molecule has 2 heterocycles. The highest BCUT2D eigenvalue weighted by molar-refractivity contribution is 6.32. The van der Waals surface area contributed by atoms with E-state index >= 15 is 0 Å². The van der Waals surface area contributed by atoms with E-state index in [1.165, 1.54) is 5.56 Å². The van der Waals surface area contributed by atoms with Gasteiger partial charge < -0.3 is 15.0 Å². The summed E-state index contributed by atoms with van der Waals surface area (Å²) in [5.74, 6) is 0.508. The maximum absolute atomic E-state index is 13.2. The molecule has 28 heavy (non-hydrogen) atoms. The number of nitrogens with zero attached hydrogens (tertiary/aromatic N) is 2. The van der Waals surface area contributed by atoms with Crippen LogP contribution in [-0.2, 0) is 6.42 Å². The first kappa shape index (κ1) is 18.3. The van der Waals surface area contributed by atoms with Gasteiger partial charge in [0.2, 0.25) is 0 Å². The van der Waals surface area contributed by atoms with Gasteiger partial charge in [-0.3, -0.25) is 9.78 Å². The standard InChI is InChI=1S/C22H20ClN3O2/c1-14-11-15-5-3-4-6-20(15)26(14)22(27)19-13-17(9-10-24-19)25-16-7-8-21(28-2)18(23)12-16/h3-10,12-14H,11H2,1-2H3,(H,24,25). The van der Waals surface area contributed by atoms with E-state index in [1.54, 1.807) is 31.5 Å². The predicted molar refractivity (Wildman–Crippen MR) is 112 cm³/mol. The van der Waals surface area contributed by atoms with Gasteiger partial charge in [-0.05, 0) is 55.3 Å². The number of para-hydroxylation sites is 1. The van der Waals surface area contributed by atoms with Crippen LogP contribution in [0.5, 0.6) is 5.75 Å². The van der Waals surface area contributed by atoms with E-state index in [1.807, 2.05) is 35.2 Å². The number of aromatic nitrogens is 1. The molecule has 1 amide bonds. The summed E-state index contributed by atoms with van der Waals surface area (Å²) in [5, 5.41) is 3.78. The van der Waals surface area contributed by atoms with Gasteiger partial charge in [0.05, 0.1) is 12.1 Å². The van der Waals surface area contributed by atoms with Crippen LogP contribution >= 0.6 is 11.6 Å². The van der Waals surface area contributed by atoms with Crippen molar-refractivity contribution in [2.75, 3.05) is 17.3 Å². The lowest BCUT2D eigenvalue weighted by Crippen LogP contribution is -2.36. The second kappa shape index (κ2) is 7.52. The molecule has 1 N–H and O–H groups in total. The maximum atomic E-state index is 13.2. The van der Waals surface area contributed by atoms with Gasteiger partial charge in [-0.15, -0.1) is 0 Å². The number of nitrogens with one attached hydrogen (secondary N) is 1. The number of rotatable bonds is 4. The summed E-state index contributed by atoms with van der Waals surface area (Å²) in [7, 11) is 1.58. The monoisotopic (exact) mass is 393 g/mol. The lowest BCUT2D eigenvalue weighted by Gasteiger charge is -2.22. The van der Waals surface area contributed by atoms with Crippen molar-refractivity contribution >= 4 is 34.6 Å². The quantitative estimate of drug-likeness (QED) is 0.671.